The summed E-state index contributed by atoms with van der Waals surface area (Å²) in [6.45, 7) is 0. The molecule has 2 rings (SSSR count). The number of rotatable bonds is 4. The Balaban J connectivity index is 2.20. The number of hydrogen-bond donors (Lipinski definition) is 2. The van der Waals surface area contributed by atoms with Crippen LogP contribution in [0, 0.1) is 0 Å². The molecule has 1 unspecified atom stereocenters. The minimum Gasteiger partial charge on any atom is -0.271 e. The highest BCUT2D eigenvalue weighted by atomic mass is 35.5. The fraction of sp³-hybridized carbons (Fsp3) is 0.154. The lowest BCUT2D eigenvalue weighted by Gasteiger charge is -2.16. The lowest BCUT2D eigenvalue weighted by Crippen LogP contribution is -2.29. The summed E-state index contributed by atoms with van der Waals surface area (Å²) in [7, 11) is 0. The van der Waals surface area contributed by atoms with Gasteiger partial charge in [0.25, 0.3) is 0 Å². The molecule has 1 heterocycles. The van der Waals surface area contributed by atoms with E-state index in [0.29, 0.717) is 10.0 Å². The van der Waals surface area contributed by atoms with Gasteiger partial charge in [0.2, 0.25) is 0 Å². The Bertz CT molecular complexity index is 517. The molecule has 1 aromatic heterocycles. The van der Waals surface area contributed by atoms with Crippen molar-refractivity contribution >= 4 is 23.2 Å². The average Bonchev–Trinajstić information content (AvgIpc) is 2.40. The molecular formula is C13H13Cl2N3. The Morgan fingerprint density at radius 1 is 1.22 bits per heavy atom. The molecule has 0 saturated carbocycles. The molecule has 1 aromatic carbocycles. The van der Waals surface area contributed by atoms with Gasteiger partial charge < -0.3 is 0 Å². The SMILES string of the molecule is NNC(Cc1cccnc1)c1ccc(Cl)c(Cl)c1. The van der Waals surface area contributed by atoms with E-state index in [1.165, 1.54) is 0 Å². The van der Waals surface area contributed by atoms with Crippen LogP contribution >= 0.6 is 23.2 Å². The smallest absolute Gasteiger partial charge is 0.0595 e. The molecule has 0 aliphatic heterocycles. The van der Waals surface area contributed by atoms with Gasteiger partial charge in [-0.3, -0.25) is 16.3 Å². The van der Waals surface area contributed by atoms with Crippen molar-refractivity contribution in [2.45, 2.75) is 12.5 Å². The van der Waals surface area contributed by atoms with Crippen molar-refractivity contribution in [1.82, 2.24) is 10.4 Å². The van der Waals surface area contributed by atoms with Gasteiger partial charge in [0.15, 0.2) is 0 Å². The van der Waals surface area contributed by atoms with Gasteiger partial charge in [-0.1, -0.05) is 35.3 Å². The Labute approximate surface area is 116 Å². The van der Waals surface area contributed by atoms with Gasteiger partial charge in [-0.2, -0.15) is 0 Å². The molecule has 2 aromatic rings. The van der Waals surface area contributed by atoms with Crippen LogP contribution in [0.2, 0.25) is 10.0 Å². The van der Waals surface area contributed by atoms with Gasteiger partial charge in [-0.05, 0) is 35.7 Å². The molecule has 0 saturated heterocycles. The van der Waals surface area contributed by atoms with E-state index in [-0.39, 0.29) is 6.04 Å². The van der Waals surface area contributed by atoms with Crippen LogP contribution in [0.1, 0.15) is 17.2 Å². The van der Waals surface area contributed by atoms with Crippen molar-refractivity contribution in [3.8, 4) is 0 Å². The van der Waals surface area contributed by atoms with Crippen LogP contribution in [-0.4, -0.2) is 4.98 Å². The lowest BCUT2D eigenvalue weighted by atomic mass is 10.0. The fourth-order valence-corrected chi connectivity index (χ4v) is 2.06. The molecule has 3 nitrogen and oxygen atoms in total. The standard InChI is InChI=1S/C13H13Cl2N3/c14-11-4-3-10(7-12(11)15)13(18-16)6-9-2-1-5-17-8-9/h1-5,7-8,13,18H,6,16H2. The molecule has 0 bridgehead atoms. The maximum Gasteiger partial charge on any atom is 0.0595 e. The summed E-state index contributed by atoms with van der Waals surface area (Å²) in [5.41, 5.74) is 4.88. The minimum absolute atomic E-state index is 0.0241. The Kier molecular flexibility index (Phi) is 4.55. The first-order valence-electron chi connectivity index (χ1n) is 5.50. The Morgan fingerprint density at radius 3 is 2.67 bits per heavy atom. The average molecular weight is 282 g/mol. The summed E-state index contributed by atoms with van der Waals surface area (Å²) in [6.07, 6.45) is 4.30. The first kappa shape index (κ1) is 13.3. The third-order valence-corrected chi connectivity index (χ3v) is 3.45. The predicted octanol–water partition coefficient (Wildman–Crippen LogP) is 3.14. The third-order valence-electron chi connectivity index (χ3n) is 2.71. The van der Waals surface area contributed by atoms with Crippen LogP contribution in [0.5, 0.6) is 0 Å². The molecule has 5 heteroatoms. The second-order valence-corrected chi connectivity index (χ2v) is 4.77. The molecule has 0 amide bonds. The van der Waals surface area contributed by atoms with E-state index in [1.807, 2.05) is 30.5 Å². The van der Waals surface area contributed by atoms with Crippen molar-refractivity contribution in [2.75, 3.05) is 0 Å². The van der Waals surface area contributed by atoms with Crippen molar-refractivity contribution < 1.29 is 0 Å². The maximum absolute atomic E-state index is 6.00. The zero-order chi connectivity index (χ0) is 13.0. The number of pyridine rings is 1. The van der Waals surface area contributed by atoms with E-state index in [0.717, 1.165) is 17.5 Å². The molecule has 0 aliphatic carbocycles. The normalized spacial score (nSPS) is 12.4. The highest BCUT2D eigenvalue weighted by molar-refractivity contribution is 6.42. The number of nitrogens with one attached hydrogen (secondary N) is 1. The number of benzene rings is 1. The van der Waals surface area contributed by atoms with Crippen LogP contribution in [-0.2, 0) is 6.42 Å². The quantitative estimate of drug-likeness (QED) is 0.669. The molecule has 0 fully saturated rings. The van der Waals surface area contributed by atoms with Crippen molar-refractivity contribution in [3.05, 3.63) is 63.9 Å². The first-order chi connectivity index (χ1) is 8.70. The van der Waals surface area contributed by atoms with E-state index in [9.17, 15) is 0 Å². The van der Waals surface area contributed by atoms with Crippen LogP contribution in [0.3, 0.4) is 0 Å². The number of aromatic nitrogens is 1. The van der Waals surface area contributed by atoms with Crippen molar-refractivity contribution in [2.24, 2.45) is 5.84 Å². The van der Waals surface area contributed by atoms with Crippen LogP contribution in [0.15, 0.2) is 42.7 Å². The molecule has 94 valence electrons. The zero-order valence-corrected chi connectivity index (χ0v) is 11.1. The van der Waals surface area contributed by atoms with Crippen LogP contribution < -0.4 is 11.3 Å². The second kappa shape index (κ2) is 6.16. The van der Waals surface area contributed by atoms with E-state index < -0.39 is 0 Å². The minimum atomic E-state index is -0.0241. The van der Waals surface area contributed by atoms with Gasteiger partial charge in [0.1, 0.15) is 0 Å². The van der Waals surface area contributed by atoms with Gasteiger partial charge in [-0.15, -0.1) is 0 Å². The van der Waals surface area contributed by atoms with Crippen molar-refractivity contribution in [3.63, 3.8) is 0 Å². The molecular weight excluding hydrogens is 269 g/mol. The van der Waals surface area contributed by atoms with E-state index in [1.54, 1.807) is 12.3 Å². The molecule has 0 aliphatic rings. The highest BCUT2D eigenvalue weighted by Crippen LogP contribution is 2.26. The summed E-state index contributed by atoms with van der Waals surface area (Å²) in [4.78, 5) is 4.08. The van der Waals surface area contributed by atoms with Gasteiger partial charge >= 0.3 is 0 Å². The summed E-state index contributed by atoms with van der Waals surface area (Å²) in [5.74, 6) is 5.59. The van der Waals surface area contributed by atoms with E-state index in [2.05, 4.69) is 10.4 Å². The monoisotopic (exact) mass is 281 g/mol. The summed E-state index contributed by atoms with van der Waals surface area (Å²) in [6, 6.07) is 9.39. The van der Waals surface area contributed by atoms with Gasteiger partial charge in [-0.25, -0.2) is 0 Å². The number of nitrogens with two attached hydrogens (primary N) is 1. The lowest BCUT2D eigenvalue weighted by molar-refractivity contribution is 0.551. The fourth-order valence-electron chi connectivity index (χ4n) is 1.76. The molecule has 18 heavy (non-hydrogen) atoms. The Hall–Kier alpha value is -1.13. The number of hydrogen-bond acceptors (Lipinski definition) is 3. The topological polar surface area (TPSA) is 50.9 Å². The number of nitrogens with zero attached hydrogens (tertiary/aromatic N) is 1. The van der Waals surface area contributed by atoms with Crippen molar-refractivity contribution in [1.29, 1.82) is 0 Å². The largest absolute Gasteiger partial charge is 0.271 e. The van der Waals surface area contributed by atoms with E-state index in [4.69, 9.17) is 29.0 Å². The Morgan fingerprint density at radius 2 is 2.06 bits per heavy atom. The number of hydrazine groups is 1. The summed E-state index contributed by atoms with van der Waals surface area (Å²) < 4.78 is 0. The molecule has 1 atom stereocenters. The highest BCUT2D eigenvalue weighted by Gasteiger charge is 2.12. The molecule has 0 spiro atoms. The maximum atomic E-state index is 6.00. The second-order valence-electron chi connectivity index (χ2n) is 3.96. The van der Waals surface area contributed by atoms with E-state index >= 15 is 0 Å². The molecule has 3 N–H and O–H groups in total. The van der Waals surface area contributed by atoms with Gasteiger partial charge in [0.05, 0.1) is 16.1 Å². The van der Waals surface area contributed by atoms with Gasteiger partial charge in [0, 0.05) is 12.4 Å². The summed E-state index contributed by atoms with van der Waals surface area (Å²) >= 11 is 11.9. The van der Waals surface area contributed by atoms with Crippen LogP contribution in [0.25, 0.3) is 0 Å². The predicted molar refractivity (Wildman–Crippen MR) is 74.5 cm³/mol. The zero-order valence-electron chi connectivity index (χ0n) is 9.61. The third kappa shape index (κ3) is 3.21. The molecule has 0 radical (unpaired) electrons. The van der Waals surface area contributed by atoms with Crippen LogP contribution in [0.4, 0.5) is 0 Å². The number of halogens is 2. The first-order valence-corrected chi connectivity index (χ1v) is 6.26. The summed E-state index contributed by atoms with van der Waals surface area (Å²) in [5, 5.41) is 1.07.